The molecule has 2 atom stereocenters. The van der Waals surface area contributed by atoms with Crippen LogP contribution in [0.25, 0.3) is 0 Å². The van der Waals surface area contributed by atoms with Crippen molar-refractivity contribution < 1.29 is 4.79 Å². The first kappa shape index (κ1) is 15.5. The molecule has 0 N–H and O–H groups in total. The third kappa shape index (κ3) is 2.99. The summed E-state index contributed by atoms with van der Waals surface area (Å²) in [5, 5.41) is 0.706. The number of hydrogen-bond acceptors (Lipinski definition) is 3. The van der Waals surface area contributed by atoms with Crippen LogP contribution in [0, 0.1) is 0 Å². The van der Waals surface area contributed by atoms with E-state index in [4.69, 9.17) is 11.6 Å². The summed E-state index contributed by atoms with van der Waals surface area (Å²) in [4.78, 5) is 16.0. The molecule has 1 saturated carbocycles. The number of anilines is 1. The molecule has 122 valence electrons. The molecule has 0 bridgehead atoms. The zero-order valence-electron chi connectivity index (χ0n) is 13.4. The molecule has 2 fully saturated rings. The molecule has 24 heavy (non-hydrogen) atoms. The molecule has 1 aliphatic heterocycles. The number of hydrogen-bond donors (Lipinski definition) is 0. The van der Waals surface area contributed by atoms with Crippen molar-refractivity contribution in [2.45, 2.75) is 18.4 Å². The first-order valence-electron chi connectivity index (χ1n) is 8.32. The molecule has 1 saturated heterocycles. The van der Waals surface area contributed by atoms with Crippen LogP contribution in [0.2, 0.25) is 5.02 Å². The normalized spacial score (nSPS) is 23.9. The largest absolute Gasteiger partial charge is 0.333 e. The van der Waals surface area contributed by atoms with Crippen molar-refractivity contribution in [2.24, 2.45) is 0 Å². The first-order chi connectivity index (χ1) is 11.8. The highest BCUT2D eigenvalue weighted by atomic mass is 35.5. The van der Waals surface area contributed by atoms with Crippen LogP contribution in [0.15, 0.2) is 60.3 Å². The summed E-state index contributed by atoms with van der Waals surface area (Å²) in [5.74, 6) is 2.75. The van der Waals surface area contributed by atoms with Gasteiger partial charge in [-0.15, -0.1) is 0 Å². The number of nitrogens with zero attached hydrogens (tertiary/aromatic N) is 2. The number of halogens is 1. The van der Waals surface area contributed by atoms with Gasteiger partial charge in [-0.25, -0.2) is 4.79 Å². The van der Waals surface area contributed by atoms with E-state index >= 15 is 0 Å². The Labute approximate surface area is 147 Å². The minimum Gasteiger partial charge on any atom is -0.333 e. The first-order valence-corrected chi connectivity index (χ1v) is 8.70. The van der Waals surface area contributed by atoms with Crippen molar-refractivity contribution in [3.63, 3.8) is 0 Å². The van der Waals surface area contributed by atoms with Gasteiger partial charge in [0, 0.05) is 35.8 Å². The van der Waals surface area contributed by atoms with Gasteiger partial charge in [-0.2, -0.15) is 0 Å². The Morgan fingerprint density at radius 1 is 1.00 bits per heavy atom. The van der Waals surface area contributed by atoms with E-state index in [1.54, 1.807) is 0 Å². The second-order valence-corrected chi connectivity index (χ2v) is 6.90. The van der Waals surface area contributed by atoms with Crippen LogP contribution in [0.3, 0.4) is 0 Å². The van der Waals surface area contributed by atoms with Crippen molar-refractivity contribution >= 4 is 23.2 Å². The average Bonchev–Trinajstić information content (AvgIpc) is 3.43. The van der Waals surface area contributed by atoms with Crippen LogP contribution >= 0.6 is 11.6 Å². The summed E-state index contributed by atoms with van der Waals surface area (Å²) in [7, 11) is 0. The molecule has 4 heteroatoms. The van der Waals surface area contributed by atoms with Gasteiger partial charge in [-0.05, 0) is 36.2 Å². The molecule has 1 aliphatic carbocycles. The van der Waals surface area contributed by atoms with Crippen LogP contribution < -0.4 is 4.90 Å². The fraction of sp³-hybridized carbons (Fsp3) is 0.300. The van der Waals surface area contributed by atoms with Gasteiger partial charge < -0.3 is 4.90 Å². The highest BCUT2D eigenvalue weighted by Gasteiger charge is 2.44. The Morgan fingerprint density at radius 2 is 1.75 bits per heavy atom. The summed E-state index contributed by atoms with van der Waals surface area (Å²) >= 11 is 5.96. The number of piperazine rings is 1. The van der Waals surface area contributed by atoms with E-state index < -0.39 is 0 Å². The van der Waals surface area contributed by atoms with Crippen molar-refractivity contribution in [3.05, 3.63) is 70.9 Å². The lowest BCUT2D eigenvalue weighted by Gasteiger charge is -2.36. The van der Waals surface area contributed by atoms with Crippen LogP contribution in [0.4, 0.5) is 5.69 Å². The molecule has 2 aromatic rings. The van der Waals surface area contributed by atoms with E-state index in [1.807, 2.05) is 24.3 Å². The van der Waals surface area contributed by atoms with E-state index in [-0.39, 0.29) is 0 Å². The predicted octanol–water partition coefficient (Wildman–Crippen LogP) is 3.73. The molecule has 0 spiro atoms. The van der Waals surface area contributed by atoms with Crippen molar-refractivity contribution in [1.82, 2.24) is 4.90 Å². The Kier molecular flexibility index (Phi) is 4.15. The third-order valence-corrected chi connectivity index (χ3v) is 5.25. The van der Waals surface area contributed by atoms with Crippen LogP contribution in [-0.2, 0) is 4.79 Å². The van der Waals surface area contributed by atoms with E-state index in [1.165, 1.54) is 12.0 Å². The maximum absolute atomic E-state index is 11.5. The maximum atomic E-state index is 11.5. The summed E-state index contributed by atoms with van der Waals surface area (Å²) in [6.45, 7) is 2.44. The zero-order chi connectivity index (χ0) is 16.5. The monoisotopic (exact) mass is 338 g/mol. The van der Waals surface area contributed by atoms with Gasteiger partial charge >= 0.3 is 0 Å². The van der Waals surface area contributed by atoms with Gasteiger partial charge in [0.05, 0.1) is 6.54 Å². The summed E-state index contributed by atoms with van der Waals surface area (Å²) in [6, 6.07) is 18.8. The molecule has 3 nitrogen and oxygen atoms in total. The standard InChI is InChI=1S/C20H19ClN2O/c21-16-6-8-17(9-7-16)23-11-10-22(13-18(23)14-24)20-12-19(20)15-4-2-1-3-5-15/h1-9,19-20H,10-13H2/t19-,20+/m0/s1. The average molecular weight is 339 g/mol. The van der Waals surface area contributed by atoms with E-state index in [9.17, 15) is 4.79 Å². The minimum absolute atomic E-state index is 0.545. The van der Waals surface area contributed by atoms with E-state index in [0.717, 1.165) is 18.8 Å². The lowest BCUT2D eigenvalue weighted by atomic mass is 10.1. The summed E-state index contributed by atoms with van der Waals surface area (Å²) < 4.78 is 0. The summed E-state index contributed by atoms with van der Waals surface area (Å²) in [6.07, 6.45) is 1.18. The topological polar surface area (TPSA) is 23.6 Å². The molecule has 1 heterocycles. The second-order valence-electron chi connectivity index (χ2n) is 6.47. The Balaban J connectivity index is 1.46. The Morgan fingerprint density at radius 3 is 2.46 bits per heavy atom. The fourth-order valence-corrected chi connectivity index (χ4v) is 3.77. The lowest BCUT2D eigenvalue weighted by molar-refractivity contribution is 0.266. The smallest absolute Gasteiger partial charge is 0.147 e. The minimum atomic E-state index is 0.545. The van der Waals surface area contributed by atoms with Crippen LogP contribution in [0.5, 0.6) is 0 Å². The molecule has 4 rings (SSSR count). The maximum Gasteiger partial charge on any atom is 0.147 e. The molecule has 2 aromatic carbocycles. The van der Waals surface area contributed by atoms with Gasteiger partial charge in [0.2, 0.25) is 0 Å². The molecule has 0 aromatic heterocycles. The second kappa shape index (κ2) is 6.45. The highest BCUT2D eigenvalue weighted by Crippen LogP contribution is 2.45. The number of rotatable bonds is 3. The molecule has 0 radical (unpaired) electrons. The number of carbonyl (C=O) groups excluding carboxylic acids is 1. The van der Waals surface area contributed by atoms with Crippen LogP contribution in [-0.4, -0.2) is 36.5 Å². The van der Waals surface area contributed by atoms with E-state index in [2.05, 4.69) is 46.1 Å². The Hall–Kier alpha value is -2.06. The molecular formula is C20H19ClN2O. The van der Waals surface area contributed by atoms with Gasteiger partial charge in [0.1, 0.15) is 11.6 Å². The van der Waals surface area contributed by atoms with Crippen molar-refractivity contribution in [1.29, 1.82) is 0 Å². The Bertz CT molecular complexity index is 768. The summed E-state index contributed by atoms with van der Waals surface area (Å²) in [5.41, 5.74) is 3.12. The predicted molar refractivity (Wildman–Crippen MR) is 97.2 cm³/mol. The van der Waals surface area contributed by atoms with Crippen molar-refractivity contribution in [3.8, 4) is 0 Å². The molecule has 0 unspecified atom stereocenters. The van der Waals surface area contributed by atoms with Gasteiger partial charge in [-0.3, -0.25) is 4.90 Å². The fourth-order valence-electron chi connectivity index (χ4n) is 3.64. The lowest BCUT2D eigenvalue weighted by Crippen LogP contribution is -2.46. The van der Waals surface area contributed by atoms with Gasteiger partial charge in [0.25, 0.3) is 0 Å². The quantitative estimate of drug-likeness (QED) is 0.797. The SMILES string of the molecule is O=C=C1CN([C@@H]2C[C@H]2c2ccccc2)CCN1c1ccc(Cl)cc1. The zero-order valence-corrected chi connectivity index (χ0v) is 14.1. The number of benzene rings is 2. The highest BCUT2D eigenvalue weighted by molar-refractivity contribution is 6.30. The third-order valence-electron chi connectivity index (χ3n) is 5.00. The molecule has 0 amide bonds. The molecular weight excluding hydrogens is 320 g/mol. The van der Waals surface area contributed by atoms with Gasteiger partial charge in [-0.1, -0.05) is 41.9 Å². The van der Waals surface area contributed by atoms with Crippen molar-refractivity contribution in [2.75, 3.05) is 24.5 Å². The van der Waals surface area contributed by atoms with Gasteiger partial charge in [0.15, 0.2) is 0 Å². The molecule has 2 aliphatic rings. The van der Waals surface area contributed by atoms with E-state index in [0.29, 0.717) is 29.2 Å². The van der Waals surface area contributed by atoms with Crippen LogP contribution in [0.1, 0.15) is 17.9 Å².